The number of thioether (sulfide) groups is 1. The molecule has 1 aliphatic heterocycles. The van der Waals surface area contributed by atoms with Gasteiger partial charge in [-0.15, -0.1) is 0 Å². The monoisotopic (exact) mass is 452 g/mol. The minimum atomic E-state index is -0.432. The Balaban J connectivity index is 1.54. The Morgan fingerprint density at radius 1 is 1.10 bits per heavy atom. The standard InChI is InChI=1S/C20H15Cl2FN2O3S/c21-15-6-3-13(9-16(15)22)10-17-19(27)25(20(28)29-17)8-7-24-18(26)11-12-1-4-14(23)5-2-12/h1-6,9-10H,7-8,11H2,(H,24,26)/b17-10-. The highest BCUT2D eigenvalue weighted by molar-refractivity contribution is 8.18. The third-order valence-corrected chi connectivity index (χ3v) is 5.70. The summed E-state index contributed by atoms with van der Waals surface area (Å²) in [7, 11) is 0. The normalized spacial score (nSPS) is 15.3. The first-order valence-electron chi connectivity index (χ1n) is 8.55. The summed E-state index contributed by atoms with van der Waals surface area (Å²) in [5.41, 5.74) is 1.32. The molecule has 0 bridgehead atoms. The van der Waals surface area contributed by atoms with Gasteiger partial charge in [0.25, 0.3) is 11.1 Å². The molecule has 2 aromatic rings. The van der Waals surface area contributed by atoms with Crippen LogP contribution in [0.3, 0.4) is 0 Å². The number of nitrogens with zero attached hydrogens (tertiary/aromatic N) is 1. The smallest absolute Gasteiger partial charge is 0.293 e. The van der Waals surface area contributed by atoms with E-state index in [1.807, 2.05) is 0 Å². The van der Waals surface area contributed by atoms with Gasteiger partial charge in [0.05, 0.1) is 21.4 Å². The summed E-state index contributed by atoms with van der Waals surface area (Å²) in [5, 5.41) is 2.99. The highest BCUT2D eigenvalue weighted by Crippen LogP contribution is 2.33. The second kappa shape index (κ2) is 9.43. The summed E-state index contributed by atoms with van der Waals surface area (Å²) in [6.07, 6.45) is 1.65. The van der Waals surface area contributed by atoms with Crippen LogP contribution in [-0.4, -0.2) is 35.0 Å². The van der Waals surface area contributed by atoms with Crippen LogP contribution in [-0.2, 0) is 16.0 Å². The maximum Gasteiger partial charge on any atom is 0.293 e. The molecule has 0 atom stereocenters. The Morgan fingerprint density at radius 2 is 1.83 bits per heavy atom. The lowest BCUT2D eigenvalue weighted by atomic mass is 10.1. The van der Waals surface area contributed by atoms with E-state index in [1.54, 1.807) is 24.3 Å². The summed E-state index contributed by atoms with van der Waals surface area (Å²) in [6.45, 7) is 0.177. The van der Waals surface area contributed by atoms with Crippen LogP contribution in [0.5, 0.6) is 0 Å². The number of rotatable bonds is 6. The molecule has 1 fully saturated rings. The average molecular weight is 453 g/mol. The zero-order valence-corrected chi connectivity index (χ0v) is 17.3. The molecule has 3 amide bonds. The van der Waals surface area contributed by atoms with E-state index in [2.05, 4.69) is 5.32 Å². The number of amides is 3. The zero-order valence-electron chi connectivity index (χ0n) is 15.0. The Kier molecular flexibility index (Phi) is 6.95. The van der Waals surface area contributed by atoms with Crippen molar-refractivity contribution < 1.29 is 18.8 Å². The second-order valence-corrected chi connectivity index (χ2v) is 7.97. The third kappa shape index (κ3) is 5.59. The van der Waals surface area contributed by atoms with Gasteiger partial charge >= 0.3 is 0 Å². The first kappa shape index (κ1) is 21.4. The van der Waals surface area contributed by atoms with Crippen molar-refractivity contribution in [2.24, 2.45) is 0 Å². The average Bonchev–Trinajstić information content (AvgIpc) is 2.94. The Hall–Kier alpha value is -2.35. The van der Waals surface area contributed by atoms with E-state index in [0.717, 1.165) is 16.7 Å². The lowest BCUT2D eigenvalue weighted by Crippen LogP contribution is -2.37. The van der Waals surface area contributed by atoms with Gasteiger partial charge in [-0.05, 0) is 53.2 Å². The van der Waals surface area contributed by atoms with Crippen molar-refractivity contribution in [1.82, 2.24) is 10.2 Å². The van der Waals surface area contributed by atoms with Gasteiger partial charge in [0.2, 0.25) is 5.91 Å². The van der Waals surface area contributed by atoms with E-state index in [0.29, 0.717) is 21.2 Å². The van der Waals surface area contributed by atoms with E-state index in [4.69, 9.17) is 23.2 Å². The molecule has 5 nitrogen and oxygen atoms in total. The maximum atomic E-state index is 12.9. The number of hydrogen-bond donors (Lipinski definition) is 1. The number of halogens is 3. The fourth-order valence-corrected chi connectivity index (χ4v) is 3.78. The molecule has 150 valence electrons. The van der Waals surface area contributed by atoms with E-state index >= 15 is 0 Å². The molecule has 1 N–H and O–H groups in total. The predicted molar refractivity (Wildman–Crippen MR) is 112 cm³/mol. The van der Waals surface area contributed by atoms with Crippen molar-refractivity contribution in [3.63, 3.8) is 0 Å². The Morgan fingerprint density at radius 3 is 2.52 bits per heavy atom. The van der Waals surface area contributed by atoms with Crippen LogP contribution < -0.4 is 5.32 Å². The quantitative estimate of drug-likeness (QED) is 0.653. The molecule has 0 spiro atoms. The number of carbonyl (C=O) groups is 3. The summed E-state index contributed by atoms with van der Waals surface area (Å²) >= 11 is 12.7. The minimum absolute atomic E-state index is 0.0541. The van der Waals surface area contributed by atoms with Crippen LogP contribution in [0.4, 0.5) is 9.18 Å². The molecule has 9 heteroatoms. The molecular formula is C20H15Cl2FN2O3S. The van der Waals surface area contributed by atoms with E-state index in [1.165, 1.54) is 24.3 Å². The van der Waals surface area contributed by atoms with Crippen molar-refractivity contribution in [3.8, 4) is 0 Å². The second-order valence-electron chi connectivity index (χ2n) is 6.16. The Labute approximate surface area is 180 Å². The number of nitrogens with one attached hydrogen (secondary N) is 1. The van der Waals surface area contributed by atoms with E-state index < -0.39 is 11.1 Å². The van der Waals surface area contributed by atoms with Crippen LogP contribution in [0.1, 0.15) is 11.1 Å². The highest BCUT2D eigenvalue weighted by atomic mass is 35.5. The van der Waals surface area contributed by atoms with Crippen LogP contribution in [0.25, 0.3) is 6.08 Å². The number of imide groups is 1. The molecule has 0 unspecified atom stereocenters. The van der Waals surface area contributed by atoms with Crippen molar-refractivity contribution in [2.75, 3.05) is 13.1 Å². The number of carbonyl (C=O) groups excluding carboxylic acids is 3. The largest absolute Gasteiger partial charge is 0.354 e. The van der Waals surface area contributed by atoms with Crippen LogP contribution in [0, 0.1) is 5.82 Å². The lowest BCUT2D eigenvalue weighted by molar-refractivity contribution is -0.124. The van der Waals surface area contributed by atoms with Gasteiger partial charge in [-0.3, -0.25) is 19.3 Å². The molecule has 0 aliphatic carbocycles. The summed E-state index contributed by atoms with van der Waals surface area (Å²) in [6, 6.07) is 10.5. The Bertz CT molecular complexity index is 996. The summed E-state index contributed by atoms with van der Waals surface area (Å²) in [4.78, 5) is 37.9. The summed E-state index contributed by atoms with van der Waals surface area (Å²) < 4.78 is 12.9. The van der Waals surface area contributed by atoms with Crippen molar-refractivity contribution in [3.05, 3.63) is 74.4 Å². The minimum Gasteiger partial charge on any atom is -0.354 e. The fraction of sp³-hybridized carbons (Fsp3) is 0.150. The maximum absolute atomic E-state index is 12.9. The summed E-state index contributed by atoms with van der Waals surface area (Å²) in [5.74, 6) is -1.09. The molecule has 1 heterocycles. The number of benzene rings is 2. The predicted octanol–water partition coefficient (Wildman–Crippen LogP) is 4.53. The van der Waals surface area contributed by atoms with Crippen LogP contribution in [0.2, 0.25) is 10.0 Å². The molecule has 29 heavy (non-hydrogen) atoms. The van der Waals surface area contributed by atoms with Crippen LogP contribution in [0.15, 0.2) is 47.4 Å². The highest BCUT2D eigenvalue weighted by Gasteiger charge is 2.34. The van der Waals surface area contributed by atoms with Gasteiger partial charge in [0.1, 0.15) is 5.82 Å². The van der Waals surface area contributed by atoms with E-state index in [9.17, 15) is 18.8 Å². The van der Waals surface area contributed by atoms with Gasteiger partial charge in [-0.25, -0.2) is 4.39 Å². The van der Waals surface area contributed by atoms with Crippen molar-refractivity contribution in [1.29, 1.82) is 0 Å². The third-order valence-electron chi connectivity index (χ3n) is 4.05. The van der Waals surface area contributed by atoms with Gasteiger partial charge in [0.15, 0.2) is 0 Å². The molecule has 3 rings (SSSR count). The SMILES string of the molecule is O=C(Cc1ccc(F)cc1)NCCN1C(=O)S/C(=C\c2ccc(Cl)c(Cl)c2)C1=O. The molecule has 1 saturated heterocycles. The van der Waals surface area contributed by atoms with Gasteiger partial charge < -0.3 is 5.32 Å². The zero-order chi connectivity index (χ0) is 21.0. The van der Waals surface area contributed by atoms with E-state index in [-0.39, 0.29) is 36.1 Å². The van der Waals surface area contributed by atoms with Gasteiger partial charge in [-0.2, -0.15) is 0 Å². The van der Waals surface area contributed by atoms with Gasteiger partial charge in [-0.1, -0.05) is 41.4 Å². The molecule has 2 aromatic carbocycles. The van der Waals surface area contributed by atoms with Crippen molar-refractivity contribution in [2.45, 2.75) is 6.42 Å². The molecule has 0 saturated carbocycles. The fourth-order valence-electron chi connectivity index (χ4n) is 2.60. The topological polar surface area (TPSA) is 66.5 Å². The van der Waals surface area contributed by atoms with Crippen LogP contribution >= 0.6 is 35.0 Å². The van der Waals surface area contributed by atoms with Crippen molar-refractivity contribution >= 4 is 58.1 Å². The lowest BCUT2D eigenvalue weighted by Gasteiger charge is -2.13. The first-order valence-corrected chi connectivity index (χ1v) is 10.1. The molecule has 0 radical (unpaired) electrons. The molecular weight excluding hydrogens is 438 g/mol. The molecule has 0 aromatic heterocycles. The first-order chi connectivity index (χ1) is 13.8. The number of hydrogen-bond acceptors (Lipinski definition) is 4. The molecule has 1 aliphatic rings. The van der Waals surface area contributed by atoms with Gasteiger partial charge in [0, 0.05) is 13.1 Å².